The molecule has 4 nitrogen and oxygen atoms in total. The Kier molecular flexibility index (Phi) is 4.30. The van der Waals surface area contributed by atoms with Crippen LogP contribution in [0.1, 0.15) is 32.8 Å². The summed E-state index contributed by atoms with van der Waals surface area (Å²) in [6, 6.07) is 3.87. The average Bonchev–Trinajstić information content (AvgIpc) is 2.41. The summed E-state index contributed by atoms with van der Waals surface area (Å²) in [5.41, 5.74) is 3.05. The second-order valence-corrected chi connectivity index (χ2v) is 5.07. The lowest BCUT2D eigenvalue weighted by Crippen LogP contribution is -2.21. The van der Waals surface area contributed by atoms with Gasteiger partial charge in [0.2, 0.25) is 5.91 Å². The van der Waals surface area contributed by atoms with Gasteiger partial charge in [0.25, 0.3) is 0 Å². The normalized spacial score (nSPS) is 13.7. The molecule has 1 heterocycles. The van der Waals surface area contributed by atoms with Crippen molar-refractivity contribution >= 4 is 17.3 Å². The van der Waals surface area contributed by atoms with Gasteiger partial charge in [-0.15, -0.1) is 0 Å². The van der Waals surface area contributed by atoms with Crippen molar-refractivity contribution in [2.45, 2.75) is 33.6 Å². The molecule has 1 amide bonds. The van der Waals surface area contributed by atoms with Crippen molar-refractivity contribution in [3.8, 4) is 5.75 Å². The highest BCUT2D eigenvalue weighted by Crippen LogP contribution is 2.37. The largest absolute Gasteiger partial charge is 0.494 e. The van der Waals surface area contributed by atoms with Crippen LogP contribution in [0.15, 0.2) is 12.1 Å². The van der Waals surface area contributed by atoms with E-state index in [-0.39, 0.29) is 11.8 Å². The number of nitrogens with one attached hydrogen (secondary N) is 2. The molecular formula is C15H22N2O2. The lowest BCUT2D eigenvalue weighted by molar-refractivity contribution is -0.118. The molecule has 4 heteroatoms. The minimum atomic E-state index is -0.0224. The van der Waals surface area contributed by atoms with E-state index in [2.05, 4.69) is 10.6 Å². The highest BCUT2D eigenvalue weighted by Gasteiger charge is 2.19. The molecule has 1 aromatic rings. The van der Waals surface area contributed by atoms with Gasteiger partial charge in [0.05, 0.1) is 18.0 Å². The Hall–Kier alpha value is -1.71. The standard InChI is InChI=1S/C15H22N2O2/c1-4-19-13-8-7-12(17-15(18)10(2)3)14-11(13)6-5-9-16-14/h7-8,10,16H,4-6,9H2,1-3H3,(H,17,18). The Morgan fingerprint density at radius 2 is 2.26 bits per heavy atom. The van der Waals surface area contributed by atoms with Crippen molar-refractivity contribution in [2.75, 3.05) is 23.8 Å². The van der Waals surface area contributed by atoms with Gasteiger partial charge >= 0.3 is 0 Å². The molecule has 0 spiro atoms. The van der Waals surface area contributed by atoms with Crippen molar-refractivity contribution in [3.05, 3.63) is 17.7 Å². The second kappa shape index (κ2) is 5.95. The molecule has 0 aromatic heterocycles. The van der Waals surface area contributed by atoms with E-state index in [9.17, 15) is 4.79 Å². The molecule has 1 aromatic carbocycles. The number of carbonyl (C=O) groups excluding carboxylic acids is 1. The maximum absolute atomic E-state index is 11.8. The van der Waals surface area contributed by atoms with E-state index in [1.165, 1.54) is 5.56 Å². The Morgan fingerprint density at radius 3 is 2.95 bits per heavy atom. The molecule has 2 N–H and O–H groups in total. The molecule has 0 bridgehead atoms. The predicted octanol–water partition coefficient (Wildman–Crippen LogP) is 3.04. The number of benzene rings is 1. The van der Waals surface area contributed by atoms with E-state index in [1.807, 2.05) is 32.9 Å². The van der Waals surface area contributed by atoms with E-state index in [1.54, 1.807) is 0 Å². The van der Waals surface area contributed by atoms with Crippen LogP contribution in [-0.4, -0.2) is 19.1 Å². The second-order valence-electron chi connectivity index (χ2n) is 5.07. The zero-order valence-electron chi connectivity index (χ0n) is 11.9. The maximum Gasteiger partial charge on any atom is 0.226 e. The maximum atomic E-state index is 11.8. The number of amides is 1. The minimum Gasteiger partial charge on any atom is -0.494 e. The molecule has 0 fully saturated rings. The molecule has 2 rings (SSSR count). The summed E-state index contributed by atoms with van der Waals surface area (Å²) in [7, 11) is 0. The summed E-state index contributed by atoms with van der Waals surface area (Å²) in [5, 5.41) is 6.36. The first-order chi connectivity index (χ1) is 9.13. The summed E-state index contributed by atoms with van der Waals surface area (Å²) in [6.07, 6.45) is 2.08. The monoisotopic (exact) mass is 262 g/mol. The fourth-order valence-electron chi connectivity index (χ4n) is 2.23. The topological polar surface area (TPSA) is 50.4 Å². The number of hydrogen-bond donors (Lipinski definition) is 2. The Morgan fingerprint density at radius 1 is 1.47 bits per heavy atom. The molecule has 0 saturated heterocycles. The van der Waals surface area contributed by atoms with Crippen molar-refractivity contribution in [1.82, 2.24) is 0 Å². The van der Waals surface area contributed by atoms with Crippen LogP contribution in [-0.2, 0) is 11.2 Å². The fraction of sp³-hybridized carbons (Fsp3) is 0.533. The summed E-state index contributed by atoms with van der Waals surface area (Å²) in [5.74, 6) is 0.941. The third-order valence-corrected chi connectivity index (χ3v) is 3.26. The van der Waals surface area contributed by atoms with Gasteiger partial charge in [-0.2, -0.15) is 0 Å². The Labute approximate surface area is 114 Å². The zero-order chi connectivity index (χ0) is 13.8. The smallest absolute Gasteiger partial charge is 0.226 e. The summed E-state index contributed by atoms with van der Waals surface area (Å²) in [4.78, 5) is 11.8. The number of ether oxygens (including phenoxy) is 1. The van der Waals surface area contributed by atoms with Crippen LogP contribution in [0.4, 0.5) is 11.4 Å². The van der Waals surface area contributed by atoms with Gasteiger partial charge < -0.3 is 15.4 Å². The van der Waals surface area contributed by atoms with Gasteiger partial charge in [-0.1, -0.05) is 13.8 Å². The van der Waals surface area contributed by atoms with Crippen LogP contribution in [0.5, 0.6) is 5.75 Å². The molecule has 1 aliphatic heterocycles. The van der Waals surface area contributed by atoms with Gasteiger partial charge in [0.1, 0.15) is 5.75 Å². The van der Waals surface area contributed by atoms with Crippen molar-refractivity contribution in [3.63, 3.8) is 0 Å². The summed E-state index contributed by atoms with van der Waals surface area (Å²) >= 11 is 0. The third-order valence-electron chi connectivity index (χ3n) is 3.26. The van der Waals surface area contributed by atoms with Gasteiger partial charge in [-0.05, 0) is 31.9 Å². The van der Waals surface area contributed by atoms with Crippen LogP contribution in [0.25, 0.3) is 0 Å². The molecule has 19 heavy (non-hydrogen) atoms. The van der Waals surface area contributed by atoms with E-state index in [4.69, 9.17) is 4.74 Å². The molecule has 0 atom stereocenters. The van der Waals surface area contributed by atoms with Crippen LogP contribution < -0.4 is 15.4 Å². The van der Waals surface area contributed by atoms with Crippen molar-refractivity contribution in [2.24, 2.45) is 5.92 Å². The fourth-order valence-corrected chi connectivity index (χ4v) is 2.23. The quantitative estimate of drug-likeness (QED) is 0.877. The molecule has 0 aliphatic carbocycles. The molecule has 0 unspecified atom stereocenters. The first-order valence-corrected chi connectivity index (χ1v) is 6.97. The molecule has 104 valence electrons. The van der Waals surface area contributed by atoms with E-state index < -0.39 is 0 Å². The summed E-state index contributed by atoms with van der Waals surface area (Å²) in [6.45, 7) is 7.36. The molecule has 0 radical (unpaired) electrons. The highest BCUT2D eigenvalue weighted by molar-refractivity contribution is 5.96. The van der Waals surface area contributed by atoms with Crippen molar-refractivity contribution < 1.29 is 9.53 Å². The number of fused-ring (bicyclic) bond motifs is 1. The lowest BCUT2D eigenvalue weighted by Gasteiger charge is -2.24. The van der Waals surface area contributed by atoms with Crippen LogP contribution in [0.3, 0.4) is 0 Å². The number of rotatable bonds is 4. The number of hydrogen-bond acceptors (Lipinski definition) is 3. The van der Waals surface area contributed by atoms with Gasteiger partial charge in [-0.25, -0.2) is 0 Å². The zero-order valence-corrected chi connectivity index (χ0v) is 11.9. The lowest BCUT2D eigenvalue weighted by atomic mass is 10.0. The van der Waals surface area contributed by atoms with Gasteiger partial charge in [-0.3, -0.25) is 4.79 Å². The van der Waals surface area contributed by atoms with Crippen LogP contribution >= 0.6 is 0 Å². The Balaban J connectivity index is 2.32. The highest BCUT2D eigenvalue weighted by atomic mass is 16.5. The summed E-state index contributed by atoms with van der Waals surface area (Å²) < 4.78 is 5.66. The molecule has 1 aliphatic rings. The third kappa shape index (κ3) is 3.00. The Bertz CT molecular complexity index is 469. The van der Waals surface area contributed by atoms with Crippen LogP contribution in [0.2, 0.25) is 0 Å². The average molecular weight is 262 g/mol. The van der Waals surface area contributed by atoms with Crippen molar-refractivity contribution in [1.29, 1.82) is 0 Å². The molecule has 0 saturated carbocycles. The SMILES string of the molecule is CCOc1ccc(NC(=O)C(C)C)c2c1CCCN2. The number of carbonyl (C=O) groups is 1. The van der Waals surface area contributed by atoms with E-state index >= 15 is 0 Å². The number of anilines is 2. The van der Waals surface area contributed by atoms with Gasteiger partial charge in [0.15, 0.2) is 0 Å². The first kappa shape index (κ1) is 13.7. The predicted molar refractivity (Wildman–Crippen MR) is 77.9 cm³/mol. The van der Waals surface area contributed by atoms with Gasteiger partial charge in [0, 0.05) is 18.0 Å². The minimum absolute atomic E-state index is 0.0224. The van der Waals surface area contributed by atoms with Crippen LogP contribution in [0, 0.1) is 5.92 Å². The first-order valence-electron chi connectivity index (χ1n) is 6.97. The van der Waals surface area contributed by atoms with E-state index in [0.717, 1.165) is 36.5 Å². The van der Waals surface area contributed by atoms with E-state index in [0.29, 0.717) is 6.61 Å². The molecular weight excluding hydrogens is 240 g/mol.